The number of benzene rings is 2. The summed E-state index contributed by atoms with van der Waals surface area (Å²) in [4.78, 5) is 1.94. The Hall–Kier alpha value is -1.88. The minimum absolute atomic E-state index is 0.110. The summed E-state index contributed by atoms with van der Waals surface area (Å²) in [6, 6.07) is 16.6. The zero-order valence-corrected chi connectivity index (χ0v) is 12.8. The standard InChI is InChI=1S/C18H22N2O2/c1-19(10-11-21)12-14(22)13-20-17-8-4-2-6-15(17)16-7-3-5-9-18(16)20/h2-9,14,21-22H,10-13H2,1H3/t14-/m0/s1. The molecule has 0 spiro atoms. The predicted molar refractivity (Wildman–Crippen MR) is 90.0 cm³/mol. The number of hydrogen-bond acceptors (Lipinski definition) is 3. The van der Waals surface area contributed by atoms with Gasteiger partial charge in [-0.2, -0.15) is 0 Å². The van der Waals surface area contributed by atoms with Crippen LogP contribution in [0, 0.1) is 0 Å². The van der Waals surface area contributed by atoms with Crippen LogP contribution in [0.1, 0.15) is 0 Å². The highest BCUT2D eigenvalue weighted by Gasteiger charge is 2.14. The molecular formula is C18H22N2O2. The van der Waals surface area contributed by atoms with Gasteiger partial charge >= 0.3 is 0 Å². The van der Waals surface area contributed by atoms with Gasteiger partial charge in [0.25, 0.3) is 0 Å². The van der Waals surface area contributed by atoms with Gasteiger partial charge in [0.1, 0.15) is 0 Å². The molecule has 1 atom stereocenters. The molecule has 4 nitrogen and oxygen atoms in total. The molecule has 0 saturated carbocycles. The molecule has 0 aliphatic carbocycles. The fraction of sp³-hybridized carbons (Fsp3) is 0.333. The van der Waals surface area contributed by atoms with Gasteiger partial charge in [-0.3, -0.25) is 0 Å². The van der Waals surface area contributed by atoms with E-state index < -0.39 is 6.10 Å². The maximum atomic E-state index is 10.4. The molecule has 0 bridgehead atoms. The molecule has 0 radical (unpaired) electrons. The van der Waals surface area contributed by atoms with Crippen molar-refractivity contribution in [2.24, 2.45) is 0 Å². The first-order valence-electron chi connectivity index (χ1n) is 7.64. The van der Waals surface area contributed by atoms with Gasteiger partial charge in [-0.25, -0.2) is 0 Å². The van der Waals surface area contributed by atoms with E-state index in [1.165, 1.54) is 10.8 Å². The van der Waals surface area contributed by atoms with E-state index in [2.05, 4.69) is 28.8 Å². The molecule has 0 saturated heterocycles. The fourth-order valence-corrected chi connectivity index (χ4v) is 3.09. The van der Waals surface area contributed by atoms with Crippen LogP contribution in [0.3, 0.4) is 0 Å². The smallest absolute Gasteiger partial charge is 0.0845 e. The normalized spacial score (nSPS) is 13.3. The monoisotopic (exact) mass is 298 g/mol. The number of rotatable bonds is 6. The molecule has 3 rings (SSSR count). The van der Waals surface area contributed by atoms with Crippen molar-refractivity contribution < 1.29 is 10.2 Å². The quantitative estimate of drug-likeness (QED) is 0.732. The lowest BCUT2D eigenvalue weighted by molar-refractivity contribution is 0.102. The molecule has 0 unspecified atom stereocenters. The largest absolute Gasteiger partial charge is 0.395 e. The number of aromatic nitrogens is 1. The van der Waals surface area contributed by atoms with Crippen molar-refractivity contribution in [3.8, 4) is 0 Å². The van der Waals surface area contributed by atoms with E-state index in [1.807, 2.05) is 36.2 Å². The molecule has 0 amide bonds. The fourth-order valence-electron chi connectivity index (χ4n) is 3.09. The lowest BCUT2D eigenvalue weighted by atomic mass is 10.2. The van der Waals surface area contributed by atoms with E-state index in [0.29, 0.717) is 19.6 Å². The minimum atomic E-state index is -0.476. The maximum absolute atomic E-state index is 10.4. The van der Waals surface area contributed by atoms with Crippen LogP contribution in [-0.2, 0) is 6.54 Å². The molecule has 116 valence electrons. The summed E-state index contributed by atoms with van der Waals surface area (Å²) in [5, 5.41) is 21.8. The highest BCUT2D eigenvalue weighted by atomic mass is 16.3. The van der Waals surface area contributed by atoms with Crippen molar-refractivity contribution in [2.45, 2.75) is 12.6 Å². The van der Waals surface area contributed by atoms with Crippen LogP contribution in [0.15, 0.2) is 48.5 Å². The van der Waals surface area contributed by atoms with Gasteiger partial charge in [-0.15, -0.1) is 0 Å². The highest BCUT2D eigenvalue weighted by molar-refractivity contribution is 6.07. The molecule has 0 aliphatic rings. The van der Waals surface area contributed by atoms with Gasteiger partial charge in [0.2, 0.25) is 0 Å². The molecule has 2 N–H and O–H groups in total. The van der Waals surface area contributed by atoms with Gasteiger partial charge < -0.3 is 19.7 Å². The number of fused-ring (bicyclic) bond motifs is 3. The molecule has 1 aromatic heterocycles. The van der Waals surface area contributed by atoms with Gasteiger partial charge in [0.15, 0.2) is 0 Å². The van der Waals surface area contributed by atoms with E-state index >= 15 is 0 Å². The second-order valence-corrected chi connectivity index (χ2v) is 5.78. The van der Waals surface area contributed by atoms with Gasteiger partial charge in [0, 0.05) is 34.9 Å². The predicted octanol–water partition coefficient (Wildman–Crippen LogP) is 2.08. The van der Waals surface area contributed by atoms with Crippen LogP contribution in [0.25, 0.3) is 21.8 Å². The first-order chi connectivity index (χ1) is 10.7. The Kier molecular flexibility index (Phi) is 4.43. The third-order valence-corrected chi connectivity index (χ3v) is 4.08. The average molecular weight is 298 g/mol. The number of aliphatic hydroxyl groups is 2. The van der Waals surface area contributed by atoms with Crippen LogP contribution in [0.4, 0.5) is 0 Å². The van der Waals surface area contributed by atoms with Crippen molar-refractivity contribution in [3.05, 3.63) is 48.5 Å². The van der Waals surface area contributed by atoms with Crippen LogP contribution >= 0.6 is 0 Å². The van der Waals surface area contributed by atoms with Crippen molar-refractivity contribution >= 4 is 21.8 Å². The lowest BCUT2D eigenvalue weighted by Crippen LogP contribution is -2.33. The molecule has 22 heavy (non-hydrogen) atoms. The zero-order chi connectivity index (χ0) is 15.5. The van der Waals surface area contributed by atoms with Crippen LogP contribution in [0.5, 0.6) is 0 Å². The van der Waals surface area contributed by atoms with Gasteiger partial charge in [-0.05, 0) is 19.2 Å². The molecular weight excluding hydrogens is 276 g/mol. The third kappa shape index (κ3) is 2.86. The number of likely N-dealkylation sites (N-methyl/N-ethyl adjacent to an activating group) is 1. The Labute approximate surface area is 130 Å². The number of hydrogen-bond donors (Lipinski definition) is 2. The summed E-state index contributed by atoms with van der Waals surface area (Å²) in [6.45, 7) is 1.77. The van der Waals surface area contributed by atoms with Crippen molar-refractivity contribution in [2.75, 3.05) is 26.7 Å². The summed E-state index contributed by atoms with van der Waals surface area (Å²) in [5.41, 5.74) is 2.29. The zero-order valence-electron chi connectivity index (χ0n) is 12.8. The van der Waals surface area contributed by atoms with Crippen LogP contribution in [0.2, 0.25) is 0 Å². The Morgan fingerprint density at radius 1 is 1.00 bits per heavy atom. The van der Waals surface area contributed by atoms with E-state index in [1.54, 1.807) is 0 Å². The molecule has 4 heteroatoms. The SMILES string of the molecule is CN(CCO)C[C@H](O)Cn1c2ccccc2c2ccccc21. The second kappa shape index (κ2) is 6.48. The molecule has 0 fully saturated rings. The summed E-state index contributed by atoms with van der Waals surface area (Å²) < 4.78 is 2.18. The van der Waals surface area contributed by atoms with E-state index in [0.717, 1.165) is 11.0 Å². The van der Waals surface area contributed by atoms with Gasteiger partial charge in [-0.1, -0.05) is 36.4 Å². The Balaban J connectivity index is 1.95. The number of aliphatic hydroxyl groups excluding tert-OH is 2. The van der Waals surface area contributed by atoms with E-state index in [-0.39, 0.29) is 6.61 Å². The van der Waals surface area contributed by atoms with E-state index in [4.69, 9.17) is 5.11 Å². The van der Waals surface area contributed by atoms with Crippen LogP contribution < -0.4 is 0 Å². The topological polar surface area (TPSA) is 48.6 Å². The minimum Gasteiger partial charge on any atom is -0.395 e. The Morgan fingerprint density at radius 3 is 2.09 bits per heavy atom. The Bertz CT molecular complexity index is 713. The first kappa shape index (κ1) is 15.0. The first-order valence-corrected chi connectivity index (χ1v) is 7.64. The molecule has 1 heterocycles. The second-order valence-electron chi connectivity index (χ2n) is 5.78. The van der Waals surface area contributed by atoms with Crippen molar-refractivity contribution in [1.82, 2.24) is 9.47 Å². The molecule has 0 aliphatic heterocycles. The number of para-hydroxylation sites is 2. The Morgan fingerprint density at radius 2 is 1.55 bits per heavy atom. The van der Waals surface area contributed by atoms with Crippen LogP contribution in [-0.4, -0.2) is 52.5 Å². The number of nitrogens with zero attached hydrogens (tertiary/aromatic N) is 2. The van der Waals surface area contributed by atoms with Crippen molar-refractivity contribution in [1.29, 1.82) is 0 Å². The summed E-state index contributed by atoms with van der Waals surface area (Å²) in [5.74, 6) is 0. The van der Waals surface area contributed by atoms with E-state index in [9.17, 15) is 5.11 Å². The summed E-state index contributed by atoms with van der Waals surface area (Å²) in [7, 11) is 1.91. The lowest BCUT2D eigenvalue weighted by Gasteiger charge is -2.20. The summed E-state index contributed by atoms with van der Waals surface area (Å²) in [6.07, 6.45) is -0.476. The van der Waals surface area contributed by atoms with Gasteiger partial charge in [0.05, 0.1) is 19.3 Å². The highest BCUT2D eigenvalue weighted by Crippen LogP contribution is 2.28. The van der Waals surface area contributed by atoms with Crippen molar-refractivity contribution in [3.63, 3.8) is 0 Å². The third-order valence-electron chi connectivity index (χ3n) is 4.08. The molecule has 3 aromatic rings. The average Bonchev–Trinajstić information content (AvgIpc) is 2.82. The maximum Gasteiger partial charge on any atom is 0.0845 e. The summed E-state index contributed by atoms with van der Waals surface area (Å²) >= 11 is 0. The molecule has 2 aromatic carbocycles.